The predicted octanol–water partition coefficient (Wildman–Crippen LogP) is 0.597. The molecule has 4 N–H and O–H groups in total. The van der Waals surface area contributed by atoms with Gasteiger partial charge in [0.2, 0.25) is 0 Å². The molecule has 0 fully saturated rings. The number of carbonyl (C=O) groups is 1. The van der Waals surface area contributed by atoms with Crippen LogP contribution in [0.4, 0.5) is 5.82 Å². The van der Waals surface area contributed by atoms with Crippen LogP contribution in [0.25, 0.3) is 0 Å². The smallest absolute Gasteiger partial charge is 0.271 e. The minimum atomic E-state index is -0.677. The molecule has 0 bridgehead atoms. The van der Waals surface area contributed by atoms with Gasteiger partial charge in [-0.25, -0.2) is 0 Å². The van der Waals surface area contributed by atoms with Crippen LogP contribution in [0.3, 0.4) is 0 Å². The first-order valence-corrected chi connectivity index (χ1v) is 4.59. The Morgan fingerprint density at radius 3 is 2.81 bits per heavy atom. The summed E-state index contributed by atoms with van der Waals surface area (Å²) in [5, 5.41) is 14.9. The maximum atomic E-state index is 11.4. The standard InChI is InChI=1S/C8H14N6O2/c1-8(2,3)14(16)13-12-7-5(6(9)15)10-4-11-7/h4,12H,1-3H3,(H2,9,15)(H,10,11)/b14-13+. The zero-order valence-electron chi connectivity index (χ0n) is 9.31. The number of nitrogens with one attached hydrogen (secondary N) is 2. The Hall–Kier alpha value is -2.12. The molecule has 0 aliphatic rings. The van der Waals surface area contributed by atoms with Gasteiger partial charge in [-0.2, -0.15) is 9.84 Å². The van der Waals surface area contributed by atoms with Crippen molar-refractivity contribution in [3.05, 3.63) is 17.2 Å². The molecular formula is C8H14N6O2. The second-order valence-electron chi connectivity index (χ2n) is 4.15. The van der Waals surface area contributed by atoms with E-state index >= 15 is 0 Å². The van der Waals surface area contributed by atoms with Crippen molar-refractivity contribution in [1.82, 2.24) is 9.97 Å². The van der Waals surface area contributed by atoms with Crippen LogP contribution in [0.2, 0.25) is 0 Å². The number of nitrogens with two attached hydrogens (primary N) is 1. The average Bonchev–Trinajstić information content (AvgIpc) is 2.60. The maximum absolute atomic E-state index is 11.4. The number of carbonyl (C=O) groups excluding carboxylic acids is 1. The Morgan fingerprint density at radius 2 is 2.31 bits per heavy atom. The first kappa shape index (κ1) is 12.0. The van der Waals surface area contributed by atoms with Crippen molar-refractivity contribution in [2.75, 3.05) is 5.43 Å². The van der Waals surface area contributed by atoms with E-state index in [0.29, 0.717) is 4.86 Å². The fraction of sp³-hybridized carbons (Fsp3) is 0.500. The largest absolute Gasteiger partial charge is 0.695 e. The molecule has 1 amide bonds. The normalized spacial score (nSPS) is 12.6. The number of hydrogen-bond donors (Lipinski definition) is 3. The Morgan fingerprint density at radius 1 is 1.69 bits per heavy atom. The summed E-state index contributed by atoms with van der Waals surface area (Å²) in [5.41, 5.74) is 6.85. The minimum Gasteiger partial charge on any atom is -0.695 e. The van der Waals surface area contributed by atoms with Crippen molar-refractivity contribution in [3.8, 4) is 0 Å². The highest BCUT2D eigenvalue weighted by Gasteiger charge is 2.18. The van der Waals surface area contributed by atoms with Crippen LogP contribution in [0.1, 0.15) is 31.3 Å². The lowest BCUT2D eigenvalue weighted by Gasteiger charge is -2.20. The maximum Gasteiger partial charge on any atom is 0.271 e. The number of aromatic amines is 1. The van der Waals surface area contributed by atoms with E-state index in [1.807, 2.05) is 0 Å². The van der Waals surface area contributed by atoms with Gasteiger partial charge in [0.1, 0.15) is 5.54 Å². The minimum absolute atomic E-state index is 0.0751. The molecule has 0 radical (unpaired) electrons. The van der Waals surface area contributed by atoms with Crippen LogP contribution in [0.5, 0.6) is 0 Å². The summed E-state index contributed by atoms with van der Waals surface area (Å²) >= 11 is 0. The third kappa shape index (κ3) is 2.69. The number of rotatable bonds is 3. The molecule has 8 nitrogen and oxygen atoms in total. The van der Waals surface area contributed by atoms with Crippen molar-refractivity contribution < 1.29 is 9.66 Å². The van der Waals surface area contributed by atoms with E-state index in [1.54, 1.807) is 20.8 Å². The number of aromatic nitrogens is 2. The van der Waals surface area contributed by atoms with E-state index < -0.39 is 11.4 Å². The number of nitrogens with zero attached hydrogens (tertiary/aromatic N) is 3. The Bertz CT molecular complexity index is 416. The van der Waals surface area contributed by atoms with Crippen molar-refractivity contribution in [1.29, 1.82) is 0 Å². The fourth-order valence-corrected chi connectivity index (χ4v) is 0.810. The van der Waals surface area contributed by atoms with Crippen LogP contribution < -0.4 is 11.2 Å². The molecule has 1 rings (SSSR count). The van der Waals surface area contributed by atoms with Gasteiger partial charge in [-0.15, -0.1) is 5.43 Å². The first-order valence-electron chi connectivity index (χ1n) is 4.59. The van der Waals surface area contributed by atoms with Crippen LogP contribution in [0, 0.1) is 5.21 Å². The predicted molar refractivity (Wildman–Crippen MR) is 56.5 cm³/mol. The summed E-state index contributed by atoms with van der Waals surface area (Å²) in [6.07, 6.45) is 1.28. The number of primary amides is 1. The Labute approximate surface area is 92.1 Å². The van der Waals surface area contributed by atoms with E-state index in [9.17, 15) is 10.0 Å². The Kier molecular flexibility index (Phi) is 3.11. The van der Waals surface area contributed by atoms with Crippen molar-refractivity contribution >= 4 is 11.7 Å². The van der Waals surface area contributed by atoms with E-state index in [2.05, 4.69) is 20.6 Å². The molecule has 1 heterocycles. The summed E-state index contributed by atoms with van der Waals surface area (Å²) in [6.45, 7) is 5.10. The molecule has 8 heteroatoms. The third-order valence-electron chi connectivity index (χ3n) is 1.71. The first-order chi connectivity index (χ1) is 7.32. The molecule has 16 heavy (non-hydrogen) atoms. The second-order valence-corrected chi connectivity index (χ2v) is 4.15. The summed E-state index contributed by atoms with van der Waals surface area (Å²) in [7, 11) is 0. The van der Waals surface area contributed by atoms with Crippen LogP contribution in [-0.4, -0.2) is 26.3 Å². The van der Waals surface area contributed by atoms with Gasteiger partial charge in [-0.1, -0.05) is 0 Å². The van der Waals surface area contributed by atoms with Crippen molar-refractivity contribution in [2.45, 2.75) is 26.3 Å². The number of H-pyrrole nitrogens is 1. The third-order valence-corrected chi connectivity index (χ3v) is 1.71. The van der Waals surface area contributed by atoms with Gasteiger partial charge in [0.25, 0.3) is 11.7 Å². The van der Waals surface area contributed by atoms with Crippen LogP contribution in [0.15, 0.2) is 11.6 Å². The monoisotopic (exact) mass is 226 g/mol. The van der Waals surface area contributed by atoms with Gasteiger partial charge < -0.3 is 15.9 Å². The van der Waals surface area contributed by atoms with E-state index in [-0.39, 0.29) is 11.5 Å². The number of hydroxylamine groups is 1. The zero-order chi connectivity index (χ0) is 12.3. The summed E-state index contributed by atoms with van der Waals surface area (Å²) in [4.78, 5) is 17.7. The number of imidazole rings is 1. The molecule has 0 atom stereocenters. The van der Waals surface area contributed by atoms with Gasteiger partial charge in [0, 0.05) is 0 Å². The van der Waals surface area contributed by atoms with Crippen LogP contribution in [-0.2, 0) is 0 Å². The van der Waals surface area contributed by atoms with Gasteiger partial charge in [0.15, 0.2) is 5.69 Å². The van der Waals surface area contributed by atoms with Gasteiger partial charge in [-0.05, 0) is 20.8 Å². The molecule has 0 spiro atoms. The topological polar surface area (TPSA) is 122 Å². The molecule has 0 aliphatic heterocycles. The van der Waals surface area contributed by atoms with Crippen molar-refractivity contribution in [2.24, 2.45) is 11.0 Å². The van der Waals surface area contributed by atoms with E-state index in [4.69, 9.17) is 5.73 Å². The average molecular weight is 226 g/mol. The van der Waals surface area contributed by atoms with Gasteiger partial charge in [0.05, 0.1) is 11.6 Å². The van der Waals surface area contributed by atoms with Gasteiger partial charge >= 0.3 is 0 Å². The second kappa shape index (κ2) is 4.17. The molecule has 0 aromatic carbocycles. The lowest BCUT2D eigenvalue weighted by Crippen LogP contribution is -2.28. The fourth-order valence-electron chi connectivity index (χ4n) is 0.810. The quantitative estimate of drug-likeness (QED) is 0.396. The molecule has 1 aromatic rings. The molecule has 88 valence electrons. The van der Waals surface area contributed by atoms with E-state index in [0.717, 1.165) is 0 Å². The number of amides is 1. The van der Waals surface area contributed by atoms with Crippen LogP contribution >= 0.6 is 0 Å². The summed E-state index contributed by atoms with van der Waals surface area (Å²) in [5.74, 6) is -0.555. The molecule has 0 unspecified atom stereocenters. The highest BCUT2D eigenvalue weighted by molar-refractivity contribution is 5.95. The molecular weight excluding hydrogens is 212 g/mol. The summed E-state index contributed by atoms with van der Waals surface area (Å²) < 4.78 is 0. The van der Waals surface area contributed by atoms with Crippen molar-refractivity contribution in [3.63, 3.8) is 0 Å². The number of anilines is 1. The summed E-state index contributed by atoms with van der Waals surface area (Å²) in [6, 6.07) is 0. The Balaban J connectivity index is 2.83. The molecule has 0 saturated carbocycles. The molecule has 0 aliphatic carbocycles. The zero-order valence-corrected chi connectivity index (χ0v) is 9.31. The number of hydrogen-bond acceptors (Lipinski definition) is 4. The molecule has 1 aromatic heterocycles. The lowest BCUT2D eigenvalue weighted by molar-refractivity contribution is -0.598. The highest BCUT2D eigenvalue weighted by atomic mass is 16.5. The van der Waals surface area contributed by atoms with E-state index in [1.165, 1.54) is 6.33 Å². The lowest BCUT2D eigenvalue weighted by atomic mass is 10.1. The van der Waals surface area contributed by atoms with Gasteiger partial charge in [-0.3, -0.25) is 4.79 Å². The SMILES string of the molecule is CC(C)(C)/[N+]([O-])=N\Nc1nc[nH]c1C(N)=O. The highest BCUT2D eigenvalue weighted by Crippen LogP contribution is 2.10. The molecule has 0 saturated heterocycles.